The lowest BCUT2D eigenvalue weighted by Gasteiger charge is -2.20. The maximum atomic E-state index is 11.9. The third kappa shape index (κ3) is 2.44. The molecule has 2 rings (SSSR count). The van der Waals surface area contributed by atoms with E-state index >= 15 is 0 Å². The van der Waals surface area contributed by atoms with Crippen LogP contribution in [-0.4, -0.2) is 55.9 Å². The van der Waals surface area contributed by atoms with Crippen LogP contribution >= 0.6 is 0 Å². The number of β-amino-alcohol motifs (C(OH)–C–C–N with tert-alkyl or cyclic N) is 1. The summed E-state index contributed by atoms with van der Waals surface area (Å²) in [6.07, 6.45) is 0.915. The van der Waals surface area contributed by atoms with Crippen LogP contribution in [0.5, 0.6) is 0 Å². The van der Waals surface area contributed by atoms with Crippen molar-refractivity contribution in [1.82, 2.24) is 15.1 Å². The number of amides is 1. The van der Waals surface area contributed by atoms with Crippen molar-refractivity contribution in [3.8, 4) is 0 Å². The average molecular weight is 239 g/mol. The predicted octanol–water partition coefficient (Wildman–Crippen LogP) is -1.00. The van der Waals surface area contributed by atoms with Gasteiger partial charge in [-0.2, -0.15) is 5.10 Å². The van der Waals surface area contributed by atoms with Gasteiger partial charge in [0, 0.05) is 24.9 Å². The van der Waals surface area contributed by atoms with Gasteiger partial charge in [-0.3, -0.25) is 9.89 Å². The Morgan fingerprint density at radius 2 is 2.35 bits per heavy atom. The summed E-state index contributed by atoms with van der Waals surface area (Å²) < 4.78 is 0. The number of hydrogen-bond donors (Lipinski definition) is 3. The number of aliphatic hydroxyl groups excluding tert-OH is 1. The van der Waals surface area contributed by atoms with Crippen LogP contribution in [0.15, 0.2) is 12.3 Å². The molecule has 7 nitrogen and oxygen atoms in total. The number of nitrogens with zero attached hydrogens (tertiary/aromatic N) is 2. The van der Waals surface area contributed by atoms with E-state index in [0.29, 0.717) is 5.69 Å². The van der Waals surface area contributed by atoms with E-state index in [9.17, 15) is 14.7 Å². The number of aliphatic hydroxyl groups is 1. The summed E-state index contributed by atoms with van der Waals surface area (Å²) in [5.41, 5.74) is 0.625. The molecule has 17 heavy (non-hydrogen) atoms. The topological polar surface area (TPSA) is 107 Å². The van der Waals surface area contributed by atoms with Crippen molar-refractivity contribution >= 4 is 11.9 Å². The quantitative estimate of drug-likeness (QED) is 0.627. The molecule has 0 bridgehead atoms. The number of carboxylic acid groups (broad SMARTS) is 1. The van der Waals surface area contributed by atoms with Crippen LogP contribution in [0.1, 0.15) is 12.1 Å². The fourth-order valence-corrected chi connectivity index (χ4v) is 1.97. The highest BCUT2D eigenvalue weighted by Gasteiger charge is 2.38. The van der Waals surface area contributed by atoms with Crippen molar-refractivity contribution in [1.29, 1.82) is 0 Å². The monoisotopic (exact) mass is 239 g/mol. The number of carboxylic acids is 1. The molecular formula is C10H13N3O4. The van der Waals surface area contributed by atoms with Crippen molar-refractivity contribution < 1.29 is 19.8 Å². The lowest BCUT2D eigenvalue weighted by molar-refractivity contribution is -0.148. The van der Waals surface area contributed by atoms with Crippen molar-refractivity contribution in [2.75, 3.05) is 6.54 Å². The van der Waals surface area contributed by atoms with E-state index < -0.39 is 18.1 Å². The number of H-pyrrole nitrogens is 1. The number of hydrogen-bond acceptors (Lipinski definition) is 4. The summed E-state index contributed by atoms with van der Waals surface area (Å²) in [6, 6.07) is 0.723. The molecule has 1 saturated heterocycles. The molecule has 0 aliphatic carbocycles. The Kier molecular flexibility index (Phi) is 3.10. The zero-order valence-electron chi connectivity index (χ0n) is 9.04. The Balaban J connectivity index is 2.05. The lowest BCUT2D eigenvalue weighted by Crippen LogP contribution is -2.41. The second-order valence-corrected chi connectivity index (χ2v) is 4.05. The maximum absolute atomic E-state index is 11.9. The Morgan fingerprint density at radius 1 is 1.59 bits per heavy atom. The number of aromatic amines is 1. The minimum atomic E-state index is -1.08. The molecule has 0 saturated carbocycles. The molecule has 1 aliphatic heterocycles. The molecule has 1 aliphatic rings. The van der Waals surface area contributed by atoms with Crippen LogP contribution in [0.2, 0.25) is 0 Å². The first-order valence-corrected chi connectivity index (χ1v) is 5.26. The number of nitrogens with one attached hydrogen (secondary N) is 1. The molecule has 7 heteroatoms. The number of rotatable bonds is 3. The summed E-state index contributed by atoms with van der Waals surface area (Å²) in [4.78, 5) is 24.0. The molecule has 1 unspecified atom stereocenters. The van der Waals surface area contributed by atoms with Crippen LogP contribution in [0, 0.1) is 0 Å². The molecule has 1 aromatic heterocycles. The largest absolute Gasteiger partial charge is 0.480 e. The molecule has 3 N–H and O–H groups in total. The standard InChI is InChI=1S/C10H13N3O4/c14-7-4-8(10(16)17)13(5-7)9(15)3-6-1-2-11-12-6/h1-2,7-8,14H,3-5H2,(H,11,12)(H,16,17)/t7?,8-/m0/s1. The van der Waals surface area contributed by atoms with Gasteiger partial charge in [0.15, 0.2) is 0 Å². The minimum Gasteiger partial charge on any atom is -0.480 e. The molecule has 2 atom stereocenters. The third-order valence-electron chi connectivity index (χ3n) is 2.78. The highest BCUT2D eigenvalue weighted by atomic mass is 16.4. The molecule has 1 aromatic rings. The van der Waals surface area contributed by atoms with Gasteiger partial charge in [0.2, 0.25) is 5.91 Å². The van der Waals surface area contributed by atoms with Crippen molar-refractivity contribution in [3.05, 3.63) is 18.0 Å². The normalized spacial score (nSPS) is 23.9. The summed E-state index contributed by atoms with van der Waals surface area (Å²) in [6.45, 7) is 0.0734. The van der Waals surface area contributed by atoms with Crippen LogP contribution in [0.25, 0.3) is 0 Å². The number of carbonyl (C=O) groups is 2. The molecule has 0 aromatic carbocycles. The minimum absolute atomic E-state index is 0.0660. The average Bonchev–Trinajstić information content (AvgIpc) is 2.86. The first-order valence-electron chi connectivity index (χ1n) is 5.26. The highest BCUT2D eigenvalue weighted by molar-refractivity contribution is 5.85. The predicted molar refractivity (Wildman–Crippen MR) is 56.1 cm³/mol. The zero-order valence-corrected chi connectivity index (χ0v) is 9.04. The SMILES string of the molecule is O=C(O)[C@@H]1CC(O)CN1C(=O)Cc1ccn[nH]1. The van der Waals surface area contributed by atoms with Gasteiger partial charge in [0.25, 0.3) is 0 Å². The molecule has 1 fully saturated rings. The molecule has 1 amide bonds. The van der Waals surface area contributed by atoms with E-state index in [1.54, 1.807) is 6.07 Å². The fourth-order valence-electron chi connectivity index (χ4n) is 1.97. The van der Waals surface area contributed by atoms with E-state index in [0.717, 1.165) is 0 Å². The van der Waals surface area contributed by atoms with E-state index in [4.69, 9.17) is 5.11 Å². The van der Waals surface area contributed by atoms with Crippen molar-refractivity contribution in [2.45, 2.75) is 25.0 Å². The third-order valence-corrected chi connectivity index (χ3v) is 2.78. The van der Waals surface area contributed by atoms with E-state index in [1.807, 2.05) is 0 Å². The first-order chi connectivity index (χ1) is 8.08. The van der Waals surface area contributed by atoms with Gasteiger partial charge in [-0.15, -0.1) is 0 Å². The Morgan fingerprint density at radius 3 is 2.94 bits per heavy atom. The van der Waals surface area contributed by atoms with E-state index in [-0.39, 0.29) is 25.3 Å². The van der Waals surface area contributed by atoms with Crippen LogP contribution in [0.4, 0.5) is 0 Å². The van der Waals surface area contributed by atoms with E-state index in [2.05, 4.69) is 10.2 Å². The lowest BCUT2D eigenvalue weighted by atomic mass is 10.2. The molecule has 92 valence electrons. The summed E-state index contributed by atoms with van der Waals surface area (Å²) in [5, 5.41) is 24.7. The van der Waals surface area contributed by atoms with Crippen molar-refractivity contribution in [3.63, 3.8) is 0 Å². The number of likely N-dealkylation sites (tertiary alicyclic amines) is 1. The zero-order chi connectivity index (χ0) is 12.4. The highest BCUT2D eigenvalue weighted by Crippen LogP contribution is 2.19. The van der Waals surface area contributed by atoms with Crippen LogP contribution < -0.4 is 0 Å². The Hall–Kier alpha value is -1.89. The smallest absolute Gasteiger partial charge is 0.326 e. The van der Waals surface area contributed by atoms with E-state index in [1.165, 1.54) is 11.1 Å². The van der Waals surface area contributed by atoms with Gasteiger partial charge in [0.1, 0.15) is 6.04 Å². The maximum Gasteiger partial charge on any atom is 0.326 e. The van der Waals surface area contributed by atoms with Gasteiger partial charge < -0.3 is 15.1 Å². The second-order valence-electron chi connectivity index (χ2n) is 4.05. The summed E-state index contributed by atoms with van der Waals surface area (Å²) >= 11 is 0. The van der Waals surface area contributed by atoms with Gasteiger partial charge in [-0.05, 0) is 6.07 Å². The molecule has 2 heterocycles. The van der Waals surface area contributed by atoms with Gasteiger partial charge in [-0.1, -0.05) is 0 Å². The Labute approximate surface area is 97.0 Å². The van der Waals surface area contributed by atoms with Gasteiger partial charge in [0.05, 0.1) is 12.5 Å². The molecular weight excluding hydrogens is 226 g/mol. The molecule has 0 radical (unpaired) electrons. The Bertz CT molecular complexity index is 417. The second kappa shape index (κ2) is 4.54. The summed E-state index contributed by atoms with van der Waals surface area (Å²) in [7, 11) is 0. The number of aromatic nitrogens is 2. The first kappa shape index (κ1) is 11.6. The van der Waals surface area contributed by atoms with Crippen molar-refractivity contribution in [2.24, 2.45) is 0 Å². The number of carbonyl (C=O) groups excluding carboxylic acids is 1. The van der Waals surface area contributed by atoms with Gasteiger partial charge in [-0.25, -0.2) is 4.79 Å². The summed E-state index contributed by atoms with van der Waals surface area (Å²) in [5.74, 6) is -1.40. The fraction of sp³-hybridized carbons (Fsp3) is 0.500. The van der Waals surface area contributed by atoms with Crippen LogP contribution in [-0.2, 0) is 16.0 Å². The molecule has 0 spiro atoms. The number of aliphatic carboxylic acids is 1. The van der Waals surface area contributed by atoms with Gasteiger partial charge >= 0.3 is 5.97 Å². The van der Waals surface area contributed by atoms with Crippen LogP contribution in [0.3, 0.4) is 0 Å².